The second kappa shape index (κ2) is 8.50. The first-order chi connectivity index (χ1) is 13.4. The lowest BCUT2D eigenvalue weighted by Gasteiger charge is -2.36. The highest BCUT2D eigenvalue weighted by Crippen LogP contribution is 2.30. The standard InChI is InChI=1S/C20H21ClN4O3/c1-4-19(26)25-10-12(2)28-17(11-25)13-6-16(24-18(21)7-13)14-5-15(9-23-8-14)20(27)22-3/h4-9,12,17H,1,10-11H2,2-3H3,(H,22,27)/t12-,17?/m0/s1. The van der Waals surface area contributed by atoms with Gasteiger partial charge in [0.2, 0.25) is 5.91 Å². The number of amides is 2. The Morgan fingerprint density at radius 3 is 2.82 bits per heavy atom. The highest BCUT2D eigenvalue weighted by Gasteiger charge is 2.29. The van der Waals surface area contributed by atoms with E-state index < -0.39 is 0 Å². The molecule has 7 nitrogen and oxygen atoms in total. The van der Waals surface area contributed by atoms with E-state index in [0.717, 1.165) is 5.56 Å². The van der Waals surface area contributed by atoms with Crippen molar-refractivity contribution in [1.29, 1.82) is 0 Å². The minimum absolute atomic E-state index is 0.128. The van der Waals surface area contributed by atoms with Crippen molar-refractivity contribution in [2.75, 3.05) is 20.1 Å². The Hall–Kier alpha value is -2.77. The van der Waals surface area contributed by atoms with Crippen LogP contribution in [0.3, 0.4) is 0 Å². The van der Waals surface area contributed by atoms with Gasteiger partial charge in [-0.2, -0.15) is 0 Å². The number of nitrogens with one attached hydrogen (secondary N) is 1. The van der Waals surface area contributed by atoms with Gasteiger partial charge in [-0.05, 0) is 36.8 Å². The van der Waals surface area contributed by atoms with Gasteiger partial charge in [0.05, 0.1) is 23.9 Å². The summed E-state index contributed by atoms with van der Waals surface area (Å²) in [5.74, 6) is -0.373. The van der Waals surface area contributed by atoms with E-state index in [0.29, 0.717) is 35.1 Å². The monoisotopic (exact) mass is 400 g/mol. The number of nitrogens with zero attached hydrogens (tertiary/aromatic N) is 3. The van der Waals surface area contributed by atoms with Crippen molar-refractivity contribution in [2.24, 2.45) is 0 Å². The average molecular weight is 401 g/mol. The maximum absolute atomic E-state index is 12.0. The normalized spacial score (nSPS) is 19.2. The van der Waals surface area contributed by atoms with Gasteiger partial charge < -0.3 is 15.0 Å². The minimum atomic E-state index is -0.345. The lowest BCUT2D eigenvalue weighted by molar-refractivity contribution is -0.139. The Labute approximate surface area is 168 Å². The van der Waals surface area contributed by atoms with E-state index in [1.165, 1.54) is 12.3 Å². The summed E-state index contributed by atoms with van der Waals surface area (Å²) in [4.78, 5) is 34.1. The number of carbonyl (C=O) groups excluding carboxylic acids is 2. The molecule has 3 heterocycles. The summed E-state index contributed by atoms with van der Waals surface area (Å²) in [5.41, 5.74) is 2.46. The Kier molecular flexibility index (Phi) is 6.06. The lowest BCUT2D eigenvalue weighted by Crippen LogP contribution is -2.45. The van der Waals surface area contributed by atoms with Crippen molar-refractivity contribution < 1.29 is 14.3 Å². The molecule has 28 heavy (non-hydrogen) atoms. The smallest absolute Gasteiger partial charge is 0.252 e. The molecule has 0 aliphatic carbocycles. The van der Waals surface area contributed by atoms with Gasteiger partial charge in [-0.25, -0.2) is 4.98 Å². The maximum Gasteiger partial charge on any atom is 0.252 e. The van der Waals surface area contributed by atoms with Crippen LogP contribution in [0.1, 0.15) is 28.9 Å². The first-order valence-corrected chi connectivity index (χ1v) is 9.21. The number of ether oxygens (including phenoxy) is 1. The predicted octanol–water partition coefficient (Wildman–Crippen LogP) is 2.63. The summed E-state index contributed by atoms with van der Waals surface area (Å²) in [6, 6.07) is 5.27. The highest BCUT2D eigenvalue weighted by molar-refractivity contribution is 6.29. The van der Waals surface area contributed by atoms with Crippen molar-refractivity contribution in [1.82, 2.24) is 20.2 Å². The molecule has 1 N–H and O–H groups in total. The van der Waals surface area contributed by atoms with Gasteiger partial charge in [-0.15, -0.1) is 0 Å². The van der Waals surface area contributed by atoms with Crippen LogP contribution in [-0.2, 0) is 9.53 Å². The fourth-order valence-corrected chi connectivity index (χ4v) is 3.36. The van der Waals surface area contributed by atoms with Crippen molar-refractivity contribution in [2.45, 2.75) is 19.1 Å². The van der Waals surface area contributed by atoms with Gasteiger partial charge in [0.25, 0.3) is 5.91 Å². The van der Waals surface area contributed by atoms with Gasteiger partial charge in [-0.3, -0.25) is 14.6 Å². The van der Waals surface area contributed by atoms with Crippen LogP contribution in [0.5, 0.6) is 0 Å². The van der Waals surface area contributed by atoms with Crippen molar-refractivity contribution in [3.63, 3.8) is 0 Å². The molecule has 0 saturated carbocycles. The zero-order chi connectivity index (χ0) is 20.3. The number of carbonyl (C=O) groups is 2. The average Bonchev–Trinajstić information content (AvgIpc) is 2.71. The SMILES string of the molecule is C=CC(=O)N1CC(c2cc(Cl)nc(-c3cncc(C(=O)NC)c3)c2)O[C@@H](C)C1. The van der Waals surface area contributed by atoms with E-state index in [-0.39, 0.29) is 24.0 Å². The van der Waals surface area contributed by atoms with E-state index >= 15 is 0 Å². The van der Waals surface area contributed by atoms with E-state index in [9.17, 15) is 9.59 Å². The molecular formula is C20H21ClN4O3. The Bertz CT molecular complexity index is 918. The van der Waals surface area contributed by atoms with E-state index in [2.05, 4.69) is 21.9 Å². The van der Waals surface area contributed by atoms with E-state index in [1.807, 2.05) is 13.0 Å². The quantitative estimate of drug-likeness (QED) is 0.630. The number of rotatable bonds is 4. The molecule has 0 spiro atoms. The lowest BCUT2D eigenvalue weighted by atomic mass is 10.0. The second-order valence-electron chi connectivity index (χ2n) is 6.53. The first kappa shape index (κ1) is 20.0. The summed E-state index contributed by atoms with van der Waals surface area (Å²) in [5, 5.41) is 2.86. The number of aromatic nitrogens is 2. The van der Waals surface area contributed by atoms with Crippen molar-refractivity contribution in [3.05, 3.63) is 59.5 Å². The van der Waals surface area contributed by atoms with Crippen LogP contribution >= 0.6 is 11.6 Å². The number of hydrogen-bond acceptors (Lipinski definition) is 5. The van der Waals surface area contributed by atoms with Crippen LogP contribution in [0.25, 0.3) is 11.3 Å². The van der Waals surface area contributed by atoms with Crippen LogP contribution in [-0.4, -0.2) is 52.9 Å². The van der Waals surface area contributed by atoms with Crippen LogP contribution in [0.4, 0.5) is 0 Å². The molecule has 2 amide bonds. The van der Waals surface area contributed by atoms with Crippen molar-refractivity contribution in [3.8, 4) is 11.3 Å². The molecule has 8 heteroatoms. The Morgan fingerprint density at radius 2 is 2.11 bits per heavy atom. The molecule has 2 atom stereocenters. The molecule has 3 rings (SSSR count). The third kappa shape index (κ3) is 4.37. The zero-order valence-corrected chi connectivity index (χ0v) is 16.4. The summed E-state index contributed by atoms with van der Waals surface area (Å²) in [7, 11) is 1.56. The molecule has 2 aromatic rings. The predicted molar refractivity (Wildman–Crippen MR) is 106 cm³/mol. The summed E-state index contributed by atoms with van der Waals surface area (Å²) in [6.45, 7) is 6.37. The molecule has 1 aliphatic heterocycles. The molecule has 0 aromatic carbocycles. The fourth-order valence-electron chi connectivity index (χ4n) is 3.14. The molecule has 1 aliphatic rings. The van der Waals surface area contributed by atoms with Gasteiger partial charge in [0, 0.05) is 31.5 Å². The molecule has 0 bridgehead atoms. The second-order valence-corrected chi connectivity index (χ2v) is 6.92. The molecule has 146 valence electrons. The maximum atomic E-state index is 12.0. The van der Waals surface area contributed by atoms with Gasteiger partial charge in [0.1, 0.15) is 11.3 Å². The zero-order valence-electron chi connectivity index (χ0n) is 15.7. The topological polar surface area (TPSA) is 84.4 Å². The molecule has 2 aromatic heterocycles. The van der Waals surface area contributed by atoms with Crippen LogP contribution < -0.4 is 5.32 Å². The van der Waals surface area contributed by atoms with Crippen molar-refractivity contribution >= 4 is 23.4 Å². The van der Waals surface area contributed by atoms with Crippen LogP contribution in [0, 0.1) is 0 Å². The largest absolute Gasteiger partial charge is 0.367 e. The van der Waals surface area contributed by atoms with E-state index in [1.54, 1.807) is 30.3 Å². The Morgan fingerprint density at radius 1 is 1.32 bits per heavy atom. The number of pyridine rings is 2. The van der Waals surface area contributed by atoms with Gasteiger partial charge >= 0.3 is 0 Å². The van der Waals surface area contributed by atoms with Gasteiger partial charge in [-0.1, -0.05) is 18.2 Å². The van der Waals surface area contributed by atoms with Crippen LogP contribution in [0.2, 0.25) is 5.15 Å². The molecular weight excluding hydrogens is 380 g/mol. The molecule has 0 radical (unpaired) electrons. The minimum Gasteiger partial charge on any atom is -0.367 e. The molecule has 1 unspecified atom stereocenters. The third-order valence-corrected chi connectivity index (χ3v) is 4.65. The molecule has 1 saturated heterocycles. The Balaban J connectivity index is 1.94. The molecule has 1 fully saturated rings. The number of morpholine rings is 1. The summed E-state index contributed by atoms with van der Waals surface area (Å²) in [6.07, 6.45) is 3.93. The van der Waals surface area contributed by atoms with Crippen LogP contribution in [0.15, 0.2) is 43.2 Å². The number of hydrogen-bond donors (Lipinski definition) is 1. The highest BCUT2D eigenvalue weighted by atomic mass is 35.5. The summed E-state index contributed by atoms with van der Waals surface area (Å²) < 4.78 is 6.03. The first-order valence-electron chi connectivity index (χ1n) is 8.83. The fraction of sp³-hybridized carbons (Fsp3) is 0.300. The third-order valence-electron chi connectivity index (χ3n) is 4.46. The van der Waals surface area contributed by atoms with E-state index in [4.69, 9.17) is 16.3 Å². The summed E-state index contributed by atoms with van der Waals surface area (Å²) >= 11 is 6.25. The van der Waals surface area contributed by atoms with Gasteiger partial charge in [0.15, 0.2) is 0 Å². The number of halogens is 1.